The fourth-order valence-electron chi connectivity index (χ4n) is 2.73. The van der Waals surface area contributed by atoms with Crippen LogP contribution in [0.25, 0.3) is 0 Å². The highest BCUT2D eigenvalue weighted by atomic mass is 16.4. The van der Waals surface area contributed by atoms with Crippen molar-refractivity contribution in [2.75, 3.05) is 0 Å². The predicted molar refractivity (Wildman–Crippen MR) is 115 cm³/mol. The first-order valence-corrected chi connectivity index (χ1v) is 9.82. The Morgan fingerprint density at radius 2 is 0.966 bits per heavy atom. The lowest BCUT2D eigenvalue weighted by Gasteiger charge is -2.33. The third-order valence-electron chi connectivity index (χ3n) is 4.74. The molecule has 0 aliphatic rings. The molecule has 1 aromatic carbocycles. The Balaban J connectivity index is 3.54. The molecule has 0 saturated heterocycles. The van der Waals surface area contributed by atoms with E-state index in [1.165, 1.54) is 12.1 Å². The molecule has 0 bridgehead atoms. The fraction of sp³-hybridized carbons (Fsp3) is 0.609. The van der Waals surface area contributed by atoms with E-state index in [2.05, 4.69) is 10.6 Å². The number of carbonyl (C=O) groups is 3. The van der Waals surface area contributed by atoms with Gasteiger partial charge in [-0.1, -0.05) is 6.07 Å². The standard InChI is InChI=1S/C23H36N2O4/c1-20(2,3)24-18(28)22(7,8)15-11-14(17(26)27)12-16(13-15)23(9,10)19(29)25-21(4,5)6/h11-13H,1-10H3,(H,24,28)(H,25,29)(H,26,27). The Hall–Kier alpha value is -2.37. The Morgan fingerprint density at radius 3 is 1.21 bits per heavy atom. The lowest BCUT2D eigenvalue weighted by atomic mass is 9.76. The van der Waals surface area contributed by atoms with Gasteiger partial charge in [-0.25, -0.2) is 4.79 Å². The largest absolute Gasteiger partial charge is 0.478 e. The van der Waals surface area contributed by atoms with Crippen molar-refractivity contribution >= 4 is 17.8 Å². The third kappa shape index (κ3) is 6.31. The number of amides is 2. The summed E-state index contributed by atoms with van der Waals surface area (Å²) in [5.74, 6) is -1.53. The SMILES string of the molecule is CC(C)(C)NC(=O)C(C)(C)c1cc(C(=O)O)cc(C(C)(C)C(=O)NC(C)(C)C)c1. The van der Waals surface area contributed by atoms with Gasteiger partial charge in [-0.05, 0) is 92.5 Å². The normalized spacial score (nSPS) is 13.0. The Labute approximate surface area is 174 Å². The van der Waals surface area contributed by atoms with Crippen LogP contribution in [0.3, 0.4) is 0 Å². The summed E-state index contributed by atoms with van der Waals surface area (Å²) in [6.07, 6.45) is 0. The van der Waals surface area contributed by atoms with Gasteiger partial charge in [-0.15, -0.1) is 0 Å². The van der Waals surface area contributed by atoms with Crippen molar-refractivity contribution in [3.05, 3.63) is 34.9 Å². The number of hydrogen-bond donors (Lipinski definition) is 3. The van der Waals surface area contributed by atoms with E-state index in [0.29, 0.717) is 11.1 Å². The maximum Gasteiger partial charge on any atom is 0.335 e. The van der Waals surface area contributed by atoms with Crippen LogP contribution in [0.5, 0.6) is 0 Å². The molecule has 0 aliphatic carbocycles. The van der Waals surface area contributed by atoms with Gasteiger partial charge in [0.05, 0.1) is 16.4 Å². The van der Waals surface area contributed by atoms with E-state index in [-0.39, 0.29) is 17.4 Å². The molecule has 29 heavy (non-hydrogen) atoms. The summed E-state index contributed by atoms with van der Waals surface area (Å²) in [6.45, 7) is 18.3. The highest BCUT2D eigenvalue weighted by molar-refractivity contribution is 5.93. The maximum atomic E-state index is 12.9. The molecule has 6 heteroatoms. The van der Waals surface area contributed by atoms with Crippen molar-refractivity contribution in [1.29, 1.82) is 0 Å². The summed E-state index contributed by atoms with van der Waals surface area (Å²) in [5, 5.41) is 15.5. The Kier molecular flexibility index (Phi) is 6.64. The molecule has 0 unspecified atom stereocenters. The molecule has 0 heterocycles. The zero-order valence-corrected chi connectivity index (χ0v) is 19.4. The van der Waals surface area contributed by atoms with Crippen LogP contribution in [-0.2, 0) is 20.4 Å². The predicted octanol–water partition coefficient (Wildman–Crippen LogP) is 3.77. The minimum atomic E-state index is -1.10. The Morgan fingerprint density at radius 1 is 0.655 bits per heavy atom. The Bertz CT molecular complexity index is 751. The molecule has 0 aliphatic heterocycles. The lowest BCUT2D eigenvalue weighted by Crippen LogP contribution is -2.50. The topological polar surface area (TPSA) is 95.5 Å². The molecule has 0 radical (unpaired) electrons. The van der Waals surface area contributed by atoms with Crippen molar-refractivity contribution in [2.24, 2.45) is 0 Å². The number of aromatic carboxylic acids is 1. The van der Waals surface area contributed by atoms with E-state index in [0.717, 1.165) is 0 Å². The summed E-state index contributed by atoms with van der Waals surface area (Å²) in [6, 6.07) is 4.77. The van der Waals surface area contributed by atoms with Gasteiger partial charge in [0.25, 0.3) is 0 Å². The molecule has 3 N–H and O–H groups in total. The van der Waals surface area contributed by atoms with Crippen molar-refractivity contribution < 1.29 is 19.5 Å². The molecule has 0 fully saturated rings. The summed E-state index contributed by atoms with van der Waals surface area (Å²) in [7, 11) is 0. The number of benzene rings is 1. The molecule has 2 amide bonds. The van der Waals surface area contributed by atoms with Crippen LogP contribution in [-0.4, -0.2) is 34.0 Å². The number of carboxylic acids is 1. The van der Waals surface area contributed by atoms with Gasteiger partial charge >= 0.3 is 5.97 Å². The fourth-order valence-corrected chi connectivity index (χ4v) is 2.73. The first kappa shape index (κ1) is 24.7. The molecule has 0 atom stereocenters. The molecule has 1 aromatic rings. The van der Waals surface area contributed by atoms with Crippen LogP contribution in [0.15, 0.2) is 18.2 Å². The van der Waals surface area contributed by atoms with Crippen molar-refractivity contribution in [3.63, 3.8) is 0 Å². The van der Waals surface area contributed by atoms with Crippen molar-refractivity contribution in [3.8, 4) is 0 Å². The summed E-state index contributed by atoms with van der Waals surface area (Å²) < 4.78 is 0. The lowest BCUT2D eigenvalue weighted by molar-refractivity contribution is -0.127. The number of carbonyl (C=O) groups excluding carboxylic acids is 2. The van der Waals surface area contributed by atoms with Gasteiger partial charge < -0.3 is 15.7 Å². The van der Waals surface area contributed by atoms with E-state index >= 15 is 0 Å². The number of rotatable bonds is 5. The molecule has 6 nitrogen and oxygen atoms in total. The summed E-state index contributed by atoms with van der Waals surface area (Å²) >= 11 is 0. The molecule has 0 aromatic heterocycles. The number of hydrogen-bond acceptors (Lipinski definition) is 3. The minimum absolute atomic E-state index is 0.0470. The van der Waals surface area contributed by atoms with Gasteiger partial charge in [0.1, 0.15) is 0 Å². The van der Waals surface area contributed by atoms with E-state index < -0.39 is 27.9 Å². The third-order valence-corrected chi connectivity index (χ3v) is 4.74. The molecular formula is C23H36N2O4. The molecule has 0 saturated carbocycles. The van der Waals surface area contributed by atoms with Crippen molar-refractivity contribution in [1.82, 2.24) is 10.6 Å². The quantitative estimate of drug-likeness (QED) is 0.696. The van der Waals surface area contributed by atoms with Crippen LogP contribution in [0, 0.1) is 0 Å². The highest BCUT2D eigenvalue weighted by Crippen LogP contribution is 2.32. The summed E-state index contributed by atoms with van der Waals surface area (Å²) in [4.78, 5) is 37.6. The zero-order chi connectivity index (χ0) is 23.0. The summed E-state index contributed by atoms with van der Waals surface area (Å²) in [5.41, 5.74) is -1.67. The van der Waals surface area contributed by atoms with Gasteiger partial charge in [-0.3, -0.25) is 9.59 Å². The zero-order valence-electron chi connectivity index (χ0n) is 19.4. The van der Waals surface area contributed by atoms with Crippen LogP contribution in [0.2, 0.25) is 0 Å². The molecular weight excluding hydrogens is 368 g/mol. The van der Waals surface area contributed by atoms with E-state index in [1.54, 1.807) is 33.8 Å². The van der Waals surface area contributed by atoms with Crippen LogP contribution >= 0.6 is 0 Å². The number of nitrogens with one attached hydrogen (secondary N) is 2. The highest BCUT2D eigenvalue weighted by Gasteiger charge is 2.37. The molecule has 1 rings (SSSR count). The van der Waals surface area contributed by atoms with Gasteiger partial charge in [0.15, 0.2) is 0 Å². The first-order valence-electron chi connectivity index (χ1n) is 9.82. The monoisotopic (exact) mass is 404 g/mol. The second-order valence-electron chi connectivity index (χ2n) is 10.8. The maximum absolute atomic E-state index is 12.9. The van der Waals surface area contributed by atoms with Crippen LogP contribution < -0.4 is 10.6 Å². The second-order valence-corrected chi connectivity index (χ2v) is 10.8. The van der Waals surface area contributed by atoms with Gasteiger partial charge in [0, 0.05) is 11.1 Å². The number of carboxylic acid groups (broad SMARTS) is 1. The van der Waals surface area contributed by atoms with Crippen LogP contribution in [0.1, 0.15) is 90.7 Å². The van der Waals surface area contributed by atoms with E-state index in [4.69, 9.17) is 0 Å². The van der Waals surface area contributed by atoms with Gasteiger partial charge in [0.2, 0.25) is 11.8 Å². The average Bonchev–Trinajstić information content (AvgIpc) is 2.50. The molecule has 162 valence electrons. The smallest absolute Gasteiger partial charge is 0.335 e. The molecule has 0 spiro atoms. The second kappa shape index (κ2) is 7.81. The first-order chi connectivity index (χ1) is 12.8. The van der Waals surface area contributed by atoms with Gasteiger partial charge in [-0.2, -0.15) is 0 Å². The average molecular weight is 405 g/mol. The van der Waals surface area contributed by atoms with E-state index in [9.17, 15) is 19.5 Å². The van der Waals surface area contributed by atoms with Crippen LogP contribution in [0.4, 0.5) is 0 Å². The van der Waals surface area contributed by atoms with E-state index in [1.807, 2.05) is 41.5 Å². The van der Waals surface area contributed by atoms with Crippen molar-refractivity contribution in [2.45, 2.75) is 91.1 Å². The minimum Gasteiger partial charge on any atom is -0.478 e.